The zero-order chi connectivity index (χ0) is 12.3. The van der Waals surface area contributed by atoms with Crippen molar-refractivity contribution in [1.82, 2.24) is 0 Å². The van der Waals surface area contributed by atoms with Crippen LogP contribution in [0.15, 0.2) is 42.5 Å². The van der Waals surface area contributed by atoms with Crippen LogP contribution in [0.3, 0.4) is 0 Å². The molecule has 0 spiro atoms. The van der Waals surface area contributed by atoms with Crippen molar-refractivity contribution < 1.29 is 14.2 Å². The van der Waals surface area contributed by atoms with E-state index in [0.717, 1.165) is 11.6 Å². The quantitative estimate of drug-likeness (QED) is 0.876. The Morgan fingerprint density at radius 3 is 2.65 bits per heavy atom. The summed E-state index contributed by atoms with van der Waals surface area (Å²) in [6.07, 6.45) is 0. The van der Waals surface area contributed by atoms with E-state index < -0.39 is 5.82 Å². The minimum atomic E-state index is -0.466. The minimum absolute atomic E-state index is 0.0914. The van der Waals surface area contributed by atoms with Crippen LogP contribution in [0.1, 0.15) is 6.92 Å². The lowest BCUT2D eigenvalue weighted by Crippen LogP contribution is -1.93. The lowest BCUT2D eigenvalue weighted by Gasteiger charge is -2.10. The second-order valence-corrected chi connectivity index (χ2v) is 3.63. The highest BCUT2D eigenvalue weighted by Crippen LogP contribution is 2.32. The predicted molar refractivity (Wildman–Crippen MR) is 64.7 cm³/mol. The van der Waals surface area contributed by atoms with Crippen LogP contribution in [0.2, 0.25) is 0 Å². The van der Waals surface area contributed by atoms with E-state index in [4.69, 9.17) is 4.74 Å². The maximum atomic E-state index is 13.2. The van der Waals surface area contributed by atoms with Gasteiger partial charge in [-0.1, -0.05) is 18.2 Å². The highest BCUT2D eigenvalue weighted by atomic mass is 19.1. The van der Waals surface area contributed by atoms with Crippen molar-refractivity contribution in [3.63, 3.8) is 0 Å². The van der Waals surface area contributed by atoms with Gasteiger partial charge in [0.25, 0.3) is 0 Å². The summed E-state index contributed by atoms with van der Waals surface area (Å²) >= 11 is 0. The molecule has 2 aromatic rings. The molecule has 2 nitrogen and oxygen atoms in total. The number of phenolic OH excluding ortho intramolecular Hbond substituents is 1. The molecule has 0 heterocycles. The molecule has 0 saturated carbocycles. The van der Waals surface area contributed by atoms with Crippen LogP contribution >= 0.6 is 0 Å². The Labute approximate surface area is 99.3 Å². The molecule has 2 rings (SSSR count). The molecule has 0 aliphatic rings. The zero-order valence-electron chi connectivity index (χ0n) is 9.48. The van der Waals surface area contributed by atoms with E-state index in [1.165, 1.54) is 12.1 Å². The van der Waals surface area contributed by atoms with E-state index in [-0.39, 0.29) is 5.75 Å². The second-order valence-electron chi connectivity index (χ2n) is 3.63. The van der Waals surface area contributed by atoms with Crippen molar-refractivity contribution in [3.05, 3.63) is 48.3 Å². The molecular weight excluding hydrogens is 219 g/mol. The van der Waals surface area contributed by atoms with Crippen LogP contribution in [0.25, 0.3) is 11.1 Å². The van der Waals surface area contributed by atoms with Gasteiger partial charge in [-0.05, 0) is 30.7 Å². The van der Waals surface area contributed by atoms with E-state index in [0.29, 0.717) is 17.9 Å². The summed E-state index contributed by atoms with van der Waals surface area (Å²) in [6.45, 7) is 2.43. The van der Waals surface area contributed by atoms with Gasteiger partial charge in [-0.2, -0.15) is 0 Å². The van der Waals surface area contributed by atoms with E-state index in [1.807, 2.05) is 31.2 Å². The number of rotatable bonds is 3. The third-order valence-electron chi connectivity index (χ3n) is 2.38. The fourth-order valence-corrected chi connectivity index (χ4v) is 1.72. The predicted octanol–water partition coefficient (Wildman–Crippen LogP) is 3.60. The topological polar surface area (TPSA) is 29.5 Å². The first-order valence-electron chi connectivity index (χ1n) is 5.42. The molecule has 0 aromatic heterocycles. The van der Waals surface area contributed by atoms with Gasteiger partial charge in [-0.15, -0.1) is 0 Å². The molecule has 0 aliphatic carbocycles. The monoisotopic (exact) mass is 232 g/mol. The van der Waals surface area contributed by atoms with Gasteiger partial charge >= 0.3 is 0 Å². The Morgan fingerprint density at radius 2 is 1.94 bits per heavy atom. The second kappa shape index (κ2) is 4.87. The number of phenols is 1. The van der Waals surface area contributed by atoms with E-state index in [1.54, 1.807) is 0 Å². The maximum Gasteiger partial charge on any atom is 0.127 e. The normalized spacial score (nSPS) is 10.2. The van der Waals surface area contributed by atoms with Crippen molar-refractivity contribution >= 4 is 0 Å². The molecule has 3 heteroatoms. The van der Waals surface area contributed by atoms with Gasteiger partial charge in [-0.25, -0.2) is 4.39 Å². The van der Waals surface area contributed by atoms with Gasteiger partial charge in [0.2, 0.25) is 0 Å². The molecule has 0 saturated heterocycles. The van der Waals surface area contributed by atoms with Crippen LogP contribution < -0.4 is 4.74 Å². The Balaban J connectivity index is 2.51. The summed E-state index contributed by atoms with van der Waals surface area (Å²) in [5, 5.41) is 9.40. The van der Waals surface area contributed by atoms with Crippen molar-refractivity contribution in [2.24, 2.45) is 0 Å². The van der Waals surface area contributed by atoms with Crippen LogP contribution in [-0.4, -0.2) is 11.7 Å². The lowest BCUT2D eigenvalue weighted by atomic mass is 10.0. The van der Waals surface area contributed by atoms with Gasteiger partial charge in [0.05, 0.1) is 6.61 Å². The van der Waals surface area contributed by atoms with Gasteiger partial charge in [0.15, 0.2) is 0 Å². The maximum absolute atomic E-state index is 13.2. The molecule has 88 valence electrons. The summed E-state index contributed by atoms with van der Waals surface area (Å²) in [5.41, 5.74) is 1.37. The largest absolute Gasteiger partial charge is 0.508 e. The Morgan fingerprint density at radius 1 is 1.18 bits per heavy atom. The lowest BCUT2D eigenvalue weighted by molar-refractivity contribution is 0.341. The Hall–Kier alpha value is -2.03. The zero-order valence-corrected chi connectivity index (χ0v) is 9.48. The average Bonchev–Trinajstić information content (AvgIpc) is 2.29. The van der Waals surface area contributed by atoms with E-state index in [9.17, 15) is 9.50 Å². The summed E-state index contributed by atoms with van der Waals surface area (Å²) in [7, 11) is 0. The van der Waals surface area contributed by atoms with Crippen molar-refractivity contribution in [1.29, 1.82) is 0 Å². The average molecular weight is 232 g/mol. The summed E-state index contributed by atoms with van der Waals surface area (Å²) < 4.78 is 18.7. The van der Waals surface area contributed by atoms with Crippen LogP contribution in [-0.2, 0) is 0 Å². The molecule has 0 bridgehead atoms. The van der Waals surface area contributed by atoms with Crippen molar-refractivity contribution in [3.8, 4) is 22.6 Å². The molecule has 0 atom stereocenters. The van der Waals surface area contributed by atoms with Crippen LogP contribution in [0.5, 0.6) is 11.5 Å². The molecule has 2 aromatic carbocycles. The van der Waals surface area contributed by atoms with Gasteiger partial charge < -0.3 is 9.84 Å². The smallest absolute Gasteiger partial charge is 0.127 e. The molecule has 1 N–H and O–H groups in total. The number of halogens is 1. The highest BCUT2D eigenvalue weighted by molar-refractivity contribution is 5.71. The molecule has 0 amide bonds. The van der Waals surface area contributed by atoms with Crippen molar-refractivity contribution in [2.45, 2.75) is 6.92 Å². The number of hydrogen-bond acceptors (Lipinski definition) is 2. The SMILES string of the molecule is CCOc1ccccc1-c1cc(O)cc(F)c1. The van der Waals surface area contributed by atoms with Gasteiger partial charge in [0.1, 0.15) is 17.3 Å². The fourth-order valence-electron chi connectivity index (χ4n) is 1.72. The first-order chi connectivity index (χ1) is 8.20. The molecular formula is C14H13FO2. The van der Waals surface area contributed by atoms with E-state index >= 15 is 0 Å². The van der Waals surface area contributed by atoms with E-state index in [2.05, 4.69) is 0 Å². The minimum Gasteiger partial charge on any atom is -0.508 e. The summed E-state index contributed by atoms with van der Waals surface area (Å²) in [5.74, 6) is 0.123. The first kappa shape index (κ1) is 11.5. The first-order valence-corrected chi connectivity index (χ1v) is 5.42. The number of para-hydroxylation sites is 1. The molecule has 0 aliphatic heterocycles. The highest BCUT2D eigenvalue weighted by Gasteiger charge is 2.07. The number of ether oxygens (including phenoxy) is 1. The molecule has 0 radical (unpaired) electrons. The summed E-state index contributed by atoms with van der Waals surface area (Å²) in [4.78, 5) is 0. The number of aromatic hydroxyl groups is 1. The number of benzene rings is 2. The van der Waals surface area contributed by atoms with Gasteiger partial charge in [-0.3, -0.25) is 0 Å². The van der Waals surface area contributed by atoms with Crippen molar-refractivity contribution in [2.75, 3.05) is 6.61 Å². The number of hydrogen-bond donors (Lipinski definition) is 1. The molecule has 0 unspecified atom stereocenters. The third-order valence-corrected chi connectivity index (χ3v) is 2.38. The van der Waals surface area contributed by atoms with Gasteiger partial charge in [0, 0.05) is 11.6 Å². The fraction of sp³-hybridized carbons (Fsp3) is 0.143. The molecule has 0 fully saturated rings. The Bertz CT molecular complexity index is 503. The summed E-state index contributed by atoms with van der Waals surface area (Å²) in [6, 6.07) is 11.3. The molecule has 17 heavy (non-hydrogen) atoms. The Kier molecular flexibility index (Phi) is 3.28. The standard InChI is InChI=1S/C14H13FO2/c1-2-17-14-6-4-3-5-13(14)10-7-11(15)9-12(16)8-10/h3-9,16H,2H2,1H3. The third kappa shape index (κ3) is 2.56. The van der Waals surface area contributed by atoms with Crippen LogP contribution in [0.4, 0.5) is 4.39 Å². The van der Waals surface area contributed by atoms with Crippen LogP contribution in [0, 0.1) is 5.82 Å².